The molecule has 0 saturated heterocycles. The number of benzene rings is 2. The molecule has 0 aromatic heterocycles. The highest BCUT2D eigenvalue weighted by molar-refractivity contribution is 7.96. The molecule has 0 spiro atoms. The number of aryl methyl sites for hydroxylation is 1. The van der Waals surface area contributed by atoms with Crippen molar-refractivity contribution >= 4 is 27.2 Å². The maximum atomic E-state index is 13.5. The van der Waals surface area contributed by atoms with E-state index in [0.29, 0.717) is 5.56 Å². The van der Waals surface area contributed by atoms with Crippen LogP contribution in [0.1, 0.15) is 75.1 Å². The standard InChI is InChI=1S/C30H33N3O2S/c1-5-6-7-8-11-14-33-26-15-21(2)22(16-23(26)18-30(33,3)4)17-28-29(24(19-31)20-32)25-12-9-10-13-27(25)36(28,34)35/h9-10,12-13,15-17H,5-8,11,14,18H2,1-4H3/b28-17-. The second-order valence-electron chi connectivity index (χ2n) is 10.4. The number of nitrogens with zero attached hydrogens (tertiary/aromatic N) is 3. The summed E-state index contributed by atoms with van der Waals surface area (Å²) in [6.07, 6.45) is 8.69. The molecule has 0 fully saturated rings. The van der Waals surface area contributed by atoms with Crippen molar-refractivity contribution in [3.63, 3.8) is 0 Å². The summed E-state index contributed by atoms with van der Waals surface area (Å²) in [5, 5.41) is 19.2. The van der Waals surface area contributed by atoms with Gasteiger partial charge in [-0.3, -0.25) is 0 Å². The van der Waals surface area contributed by atoms with Crippen molar-refractivity contribution in [1.29, 1.82) is 10.5 Å². The lowest BCUT2D eigenvalue weighted by Crippen LogP contribution is -2.41. The summed E-state index contributed by atoms with van der Waals surface area (Å²) in [5.74, 6) is 0. The molecule has 0 N–H and O–H groups in total. The van der Waals surface area contributed by atoms with Crippen LogP contribution in [0.4, 0.5) is 5.69 Å². The zero-order valence-corrected chi connectivity index (χ0v) is 22.4. The van der Waals surface area contributed by atoms with Crippen LogP contribution in [-0.2, 0) is 16.3 Å². The Morgan fingerprint density at radius 1 is 1.08 bits per heavy atom. The lowest BCUT2D eigenvalue weighted by atomic mass is 9.95. The van der Waals surface area contributed by atoms with Crippen LogP contribution in [0.3, 0.4) is 0 Å². The highest BCUT2D eigenvalue weighted by Crippen LogP contribution is 2.46. The van der Waals surface area contributed by atoms with E-state index < -0.39 is 9.84 Å². The molecule has 5 nitrogen and oxygen atoms in total. The number of unbranched alkanes of at least 4 members (excludes halogenated alkanes) is 4. The third-order valence-electron chi connectivity index (χ3n) is 7.34. The fraction of sp³-hybridized carbons (Fsp3) is 0.400. The summed E-state index contributed by atoms with van der Waals surface area (Å²) in [6, 6.07) is 14.6. The number of anilines is 1. The third kappa shape index (κ3) is 4.47. The SMILES string of the molecule is CCCCCCCN1c2cc(C)c(/C=C3/C(=C(C#N)C#N)c4ccccc4S3(=O)=O)cc2CC1(C)C. The van der Waals surface area contributed by atoms with Crippen LogP contribution >= 0.6 is 0 Å². The first-order valence-electron chi connectivity index (χ1n) is 12.7. The van der Waals surface area contributed by atoms with Gasteiger partial charge in [0.15, 0.2) is 0 Å². The number of rotatable bonds is 7. The number of sulfone groups is 1. The van der Waals surface area contributed by atoms with E-state index in [2.05, 4.69) is 37.8 Å². The highest BCUT2D eigenvalue weighted by atomic mass is 32.2. The van der Waals surface area contributed by atoms with Crippen molar-refractivity contribution in [2.75, 3.05) is 11.4 Å². The van der Waals surface area contributed by atoms with E-state index in [-0.39, 0.29) is 26.5 Å². The normalized spacial score (nSPS) is 18.0. The Bertz CT molecular complexity index is 1430. The molecule has 0 amide bonds. The quantitative estimate of drug-likeness (QED) is 0.311. The minimum Gasteiger partial charge on any atom is -0.366 e. The Labute approximate surface area is 215 Å². The maximum absolute atomic E-state index is 13.5. The Morgan fingerprint density at radius 2 is 1.78 bits per heavy atom. The smallest absolute Gasteiger partial charge is 0.207 e. The van der Waals surface area contributed by atoms with Crippen LogP contribution in [0.15, 0.2) is 51.8 Å². The highest BCUT2D eigenvalue weighted by Gasteiger charge is 2.39. The largest absolute Gasteiger partial charge is 0.366 e. The van der Waals surface area contributed by atoms with E-state index in [0.717, 1.165) is 30.5 Å². The number of nitriles is 2. The van der Waals surface area contributed by atoms with E-state index >= 15 is 0 Å². The number of hydrogen-bond donors (Lipinski definition) is 0. The van der Waals surface area contributed by atoms with Crippen molar-refractivity contribution in [3.8, 4) is 12.1 Å². The summed E-state index contributed by atoms with van der Waals surface area (Å²) in [5.41, 5.74) is 4.60. The predicted octanol–water partition coefficient (Wildman–Crippen LogP) is 6.74. The molecule has 2 aliphatic rings. The average molecular weight is 500 g/mol. The van der Waals surface area contributed by atoms with Gasteiger partial charge in [0.2, 0.25) is 9.84 Å². The van der Waals surface area contributed by atoms with Gasteiger partial charge < -0.3 is 4.90 Å². The van der Waals surface area contributed by atoms with Gasteiger partial charge in [0.05, 0.1) is 9.80 Å². The van der Waals surface area contributed by atoms with Gasteiger partial charge in [-0.1, -0.05) is 50.8 Å². The van der Waals surface area contributed by atoms with Gasteiger partial charge >= 0.3 is 0 Å². The van der Waals surface area contributed by atoms with E-state index in [1.54, 1.807) is 24.3 Å². The molecule has 2 aromatic rings. The molecule has 2 aliphatic heterocycles. The van der Waals surface area contributed by atoms with Gasteiger partial charge in [0.1, 0.15) is 17.7 Å². The molecule has 2 heterocycles. The minimum atomic E-state index is -3.85. The first-order chi connectivity index (χ1) is 17.2. The zero-order chi connectivity index (χ0) is 26.1. The van der Waals surface area contributed by atoms with E-state index in [1.807, 2.05) is 19.1 Å². The number of allylic oxidation sites excluding steroid dienone is 2. The van der Waals surface area contributed by atoms with Gasteiger partial charge in [-0.05, 0) is 74.6 Å². The van der Waals surface area contributed by atoms with Gasteiger partial charge in [-0.25, -0.2) is 8.42 Å². The molecule has 36 heavy (non-hydrogen) atoms. The van der Waals surface area contributed by atoms with Crippen molar-refractivity contribution < 1.29 is 8.42 Å². The van der Waals surface area contributed by atoms with Crippen LogP contribution in [-0.4, -0.2) is 20.5 Å². The molecule has 0 bridgehead atoms. The predicted molar refractivity (Wildman–Crippen MR) is 145 cm³/mol. The summed E-state index contributed by atoms with van der Waals surface area (Å²) in [7, 11) is -3.85. The molecule has 186 valence electrons. The molecule has 2 aromatic carbocycles. The lowest BCUT2D eigenvalue weighted by Gasteiger charge is -2.34. The Kier molecular flexibility index (Phi) is 7.12. The Morgan fingerprint density at radius 3 is 2.47 bits per heavy atom. The van der Waals surface area contributed by atoms with Crippen LogP contribution < -0.4 is 4.90 Å². The average Bonchev–Trinajstić information content (AvgIpc) is 3.21. The van der Waals surface area contributed by atoms with Crippen LogP contribution in [0.25, 0.3) is 11.6 Å². The lowest BCUT2D eigenvalue weighted by molar-refractivity contribution is 0.473. The van der Waals surface area contributed by atoms with Crippen molar-refractivity contribution in [2.45, 2.75) is 76.7 Å². The molecule has 0 saturated carbocycles. The number of fused-ring (bicyclic) bond motifs is 2. The fourth-order valence-corrected chi connectivity index (χ4v) is 7.18. The summed E-state index contributed by atoms with van der Waals surface area (Å²) < 4.78 is 27.0. The summed E-state index contributed by atoms with van der Waals surface area (Å²) >= 11 is 0. The third-order valence-corrected chi connectivity index (χ3v) is 9.18. The number of hydrogen-bond acceptors (Lipinski definition) is 5. The van der Waals surface area contributed by atoms with Crippen LogP contribution in [0.5, 0.6) is 0 Å². The van der Waals surface area contributed by atoms with Crippen molar-refractivity contribution in [2.24, 2.45) is 0 Å². The second-order valence-corrected chi connectivity index (χ2v) is 12.3. The van der Waals surface area contributed by atoms with Crippen molar-refractivity contribution in [3.05, 3.63) is 69.1 Å². The molecule has 0 unspecified atom stereocenters. The molecule has 4 rings (SSSR count). The molecule has 0 aliphatic carbocycles. The Balaban J connectivity index is 1.77. The molecule has 0 atom stereocenters. The van der Waals surface area contributed by atoms with Crippen LogP contribution in [0, 0.1) is 29.6 Å². The van der Waals surface area contributed by atoms with E-state index in [4.69, 9.17) is 0 Å². The van der Waals surface area contributed by atoms with Gasteiger partial charge in [-0.2, -0.15) is 10.5 Å². The van der Waals surface area contributed by atoms with E-state index in [1.165, 1.54) is 43.0 Å². The molecular formula is C30H33N3O2S. The monoisotopic (exact) mass is 499 g/mol. The fourth-order valence-electron chi connectivity index (χ4n) is 5.47. The first-order valence-corrected chi connectivity index (χ1v) is 14.2. The first kappa shape index (κ1) is 25.7. The summed E-state index contributed by atoms with van der Waals surface area (Å²) in [6.45, 7) is 9.75. The molecule has 0 radical (unpaired) electrons. The molecular weight excluding hydrogens is 466 g/mol. The second kappa shape index (κ2) is 9.96. The van der Waals surface area contributed by atoms with Gasteiger partial charge in [0, 0.05) is 28.9 Å². The zero-order valence-electron chi connectivity index (χ0n) is 21.6. The van der Waals surface area contributed by atoms with Gasteiger partial charge in [-0.15, -0.1) is 0 Å². The van der Waals surface area contributed by atoms with Gasteiger partial charge in [0.25, 0.3) is 0 Å². The maximum Gasteiger partial charge on any atom is 0.207 e. The minimum absolute atomic E-state index is 0.0131. The van der Waals surface area contributed by atoms with Crippen molar-refractivity contribution in [1.82, 2.24) is 0 Å². The Hall–Kier alpha value is -3.35. The molecule has 6 heteroatoms. The van der Waals surface area contributed by atoms with E-state index in [9.17, 15) is 18.9 Å². The van der Waals surface area contributed by atoms with Crippen LogP contribution in [0.2, 0.25) is 0 Å². The topological polar surface area (TPSA) is 85.0 Å². The summed E-state index contributed by atoms with van der Waals surface area (Å²) in [4.78, 5) is 2.66.